The van der Waals surface area contributed by atoms with Gasteiger partial charge in [-0.3, -0.25) is 18.7 Å². The SMILES string of the molecule is CN1CCC(n2c(=O)n(Cc3ccc(-c4nnc(C(F)(F)F)o4)cn3)c3cc(F)c(-c4cn(C(=O)OC(C)(C)C)c5ccc(Cl)cc45)cc32)CC1. The Bertz CT molecular complexity index is 2340. The standard InChI is InChI=1S/C35H32ClF4N7O4/c1-34(2,3)51-33(49)46-18-25(24-13-20(36)6-8-27(24)46)23-14-29-28(15-26(23)37)45(32(48)47(29)22-9-11-44(4)12-10-22)17-21-7-5-19(16-41-21)30-42-43-31(50-30)35(38,39)40/h5-8,13-16,18,22H,9-12,17H2,1-4H3. The van der Waals surface area contributed by atoms with Crippen molar-refractivity contribution in [3.8, 4) is 22.6 Å². The zero-order chi connectivity index (χ0) is 36.4. The van der Waals surface area contributed by atoms with Gasteiger partial charge in [0.15, 0.2) is 0 Å². The fraction of sp³-hybridized carbons (Fsp3) is 0.343. The Morgan fingerprint density at radius 1 is 1.00 bits per heavy atom. The number of piperidine rings is 1. The number of hydrogen-bond donors (Lipinski definition) is 0. The van der Waals surface area contributed by atoms with Gasteiger partial charge in [0.25, 0.3) is 0 Å². The summed E-state index contributed by atoms with van der Waals surface area (Å²) in [7, 11) is 2.01. The third kappa shape index (κ3) is 6.63. The number of alkyl halides is 3. The Balaban J connectivity index is 1.33. The first-order valence-corrected chi connectivity index (χ1v) is 16.5. The number of pyridine rings is 1. The molecule has 0 atom stereocenters. The van der Waals surface area contributed by atoms with Gasteiger partial charge < -0.3 is 14.1 Å². The quantitative estimate of drug-likeness (QED) is 0.166. The average molecular weight is 726 g/mol. The maximum Gasteiger partial charge on any atom is 0.470 e. The molecule has 11 nitrogen and oxygen atoms in total. The molecule has 0 unspecified atom stereocenters. The molecule has 1 fully saturated rings. The monoisotopic (exact) mass is 725 g/mol. The zero-order valence-corrected chi connectivity index (χ0v) is 28.7. The van der Waals surface area contributed by atoms with E-state index >= 15 is 4.39 Å². The van der Waals surface area contributed by atoms with Crippen LogP contribution in [0.5, 0.6) is 0 Å². The second-order valence-corrected chi connectivity index (χ2v) is 14.0. The summed E-state index contributed by atoms with van der Waals surface area (Å²) in [4.78, 5) is 34.0. The van der Waals surface area contributed by atoms with Gasteiger partial charge in [0.2, 0.25) is 5.89 Å². The van der Waals surface area contributed by atoms with Crippen molar-refractivity contribution >= 4 is 39.6 Å². The van der Waals surface area contributed by atoms with Gasteiger partial charge in [-0.05, 0) is 90.1 Å². The topological polar surface area (TPSA) is 113 Å². The number of nitrogens with zero attached hydrogens (tertiary/aromatic N) is 7. The molecular weight excluding hydrogens is 694 g/mol. The number of aromatic nitrogens is 6. The molecule has 0 spiro atoms. The van der Waals surface area contributed by atoms with Crippen molar-refractivity contribution in [3.63, 3.8) is 0 Å². The molecule has 6 aromatic rings. The lowest BCUT2D eigenvalue weighted by Crippen LogP contribution is -2.36. The Morgan fingerprint density at radius 3 is 2.39 bits per heavy atom. The third-order valence-corrected chi connectivity index (χ3v) is 9.05. The van der Waals surface area contributed by atoms with E-state index in [9.17, 15) is 22.8 Å². The van der Waals surface area contributed by atoms with Gasteiger partial charge in [0.05, 0.1) is 34.4 Å². The molecular formula is C35H32ClF4N7O4. The number of carbonyl (C=O) groups is 1. The first-order chi connectivity index (χ1) is 24.1. The summed E-state index contributed by atoms with van der Waals surface area (Å²) in [5.74, 6) is -2.48. The molecule has 2 aromatic carbocycles. The Hall–Kier alpha value is -5.02. The second kappa shape index (κ2) is 12.6. The highest BCUT2D eigenvalue weighted by molar-refractivity contribution is 6.31. The van der Waals surface area contributed by atoms with Crippen LogP contribution in [0.3, 0.4) is 0 Å². The molecule has 0 radical (unpaired) electrons. The molecule has 1 aliphatic rings. The lowest BCUT2D eigenvalue weighted by Gasteiger charge is -2.29. The fourth-order valence-corrected chi connectivity index (χ4v) is 6.57. The maximum absolute atomic E-state index is 16.4. The van der Waals surface area contributed by atoms with Gasteiger partial charge in [-0.1, -0.05) is 11.6 Å². The summed E-state index contributed by atoms with van der Waals surface area (Å²) in [5.41, 5.74) is 1.24. The molecule has 0 amide bonds. The number of halogens is 5. The summed E-state index contributed by atoms with van der Waals surface area (Å²) in [5, 5.41) is 7.42. The van der Waals surface area contributed by atoms with E-state index in [1.807, 2.05) is 7.05 Å². The minimum atomic E-state index is -4.79. The van der Waals surface area contributed by atoms with Crippen LogP contribution < -0.4 is 5.69 Å². The number of imidazole rings is 1. The van der Waals surface area contributed by atoms with E-state index in [2.05, 4.69) is 20.1 Å². The number of ether oxygens (including phenoxy) is 1. The van der Waals surface area contributed by atoms with Gasteiger partial charge >= 0.3 is 23.9 Å². The average Bonchev–Trinajstić information content (AvgIpc) is 3.76. The molecule has 51 heavy (non-hydrogen) atoms. The molecule has 5 heterocycles. The van der Waals surface area contributed by atoms with Crippen LogP contribution in [0.1, 0.15) is 51.2 Å². The van der Waals surface area contributed by atoms with Crippen molar-refractivity contribution in [2.45, 2.75) is 58.0 Å². The highest BCUT2D eigenvalue weighted by atomic mass is 35.5. The van der Waals surface area contributed by atoms with Crippen LogP contribution >= 0.6 is 11.6 Å². The van der Waals surface area contributed by atoms with E-state index in [4.69, 9.17) is 20.8 Å². The number of benzene rings is 2. The minimum Gasteiger partial charge on any atom is -0.443 e. The first kappa shape index (κ1) is 34.4. The Morgan fingerprint density at radius 2 is 1.75 bits per heavy atom. The van der Waals surface area contributed by atoms with Gasteiger partial charge in [0.1, 0.15) is 11.4 Å². The molecule has 7 rings (SSSR count). The van der Waals surface area contributed by atoms with Crippen molar-refractivity contribution in [3.05, 3.63) is 87.8 Å². The first-order valence-electron chi connectivity index (χ1n) is 16.1. The van der Waals surface area contributed by atoms with Crippen molar-refractivity contribution in [1.82, 2.24) is 33.8 Å². The number of carbonyl (C=O) groups excluding carboxylic acids is 1. The van der Waals surface area contributed by atoms with Crippen LogP contribution in [0, 0.1) is 5.82 Å². The predicted octanol–water partition coefficient (Wildman–Crippen LogP) is 7.78. The largest absolute Gasteiger partial charge is 0.470 e. The lowest BCUT2D eigenvalue weighted by molar-refractivity contribution is -0.156. The Kier molecular flexibility index (Phi) is 8.53. The summed E-state index contributed by atoms with van der Waals surface area (Å²) >= 11 is 6.38. The molecule has 266 valence electrons. The van der Waals surface area contributed by atoms with Crippen LogP contribution in [0.2, 0.25) is 5.02 Å². The molecule has 4 aromatic heterocycles. The zero-order valence-electron chi connectivity index (χ0n) is 28.0. The second-order valence-electron chi connectivity index (χ2n) is 13.6. The smallest absolute Gasteiger partial charge is 0.443 e. The van der Waals surface area contributed by atoms with Crippen molar-refractivity contribution in [2.75, 3.05) is 20.1 Å². The van der Waals surface area contributed by atoms with Crippen LogP contribution in [0.25, 0.3) is 44.5 Å². The molecule has 0 aliphatic carbocycles. The van der Waals surface area contributed by atoms with Crippen molar-refractivity contribution < 1.29 is 31.5 Å². The van der Waals surface area contributed by atoms with Crippen molar-refractivity contribution in [2.24, 2.45) is 0 Å². The van der Waals surface area contributed by atoms with Gasteiger partial charge in [-0.2, -0.15) is 13.2 Å². The van der Waals surface area contributed by atoms with E-state index in [1.165, 1.54) is 39.7 Å². The van der Waals surface area contributed by atoms with E-state index in [0.29, 0.717) is 51.1 Å². The Labute approximate surface area is 293 Å². The van der Waals surface area contributed by atoms with E-state index in [1.54, 1.807) is 49.6 Å². The molecule has 0 saturated carbocycles. The molecule has 0 N–H and O–H groups in total. The number of rotatable bonds is 5. The van der Waals surface area contributed by atoms with Gasteiger partial charge in [0, 0.05) is 46.0 Å². The van der Waals surface area contributed by atoms with Crippen LogP contribution in [0.4, 0.5) is 22.4 Å². The number of hydrogen-bond acceptors (Lipinski definition) is 8. The predicted molar refractivity (Wildman–Crippen MR) is 181 cm³/mol. The lowest BCUT2D eigenvalue weighted by atomic mass is 10.0. The highest BCUT2D eigenvalue weighted by Crippen LogP contribution is 2.37. The summed E-state index contributed by atoms with van der Waals surface area (Å²) in [6.07, 6.45) is -1.27. The molecule has 0 bridgehead atoms. The highest BCUT2D eigenvalue weighted by Gasteiger charge is 2.38. The van der Waals surface area contributed by atoms with E-state index < -0.39 is 29.6 Å². The fourth-order valence-electron chi connectivity index (χ4n) is 6.40. The van der Waals surface area contributed by atoms with E-state index in [-0.39, 0.29) is 35.3 Å². The van der Waals surface area contributed by atoms with Crippen molar-refractivity contribution in [1.29, 1.82) is 0 Å². The normalized spacial score (nSPS) is 14.9. The summed E-state index contributed by atoms with van der Waals surface area (Å²) < 4.78 is 70.1. The number of fused-ring (bicyclic) bond motifs is 2. The minimum absolute atomic E-state index is 0.0563. The number of likely N-dealkylation sites (tertiary alicyclic amines) is 1. The maximum atomic E-state index is 16.4. The third-order valence-electron chi connectivity index (χ3n) is 8.81. The van der Waals surface area contributed by atoms with Crippen LogP contribution in [-0.4, -0.2) is 65.6 Å². The van der Waals surface area contributed by atoms with E-state index in [0.717, 1.165) is 13.1 Å². The van der Waals surface area contributed by atoms with Crippen LogP contribution in [0.15, 0.2) is 64.1 Å². The molecule has 1 saturated heterocycles. The van der Waals surface area contributed by atoms with Gasteiger partial charge in [-0.25, -0.2) is 14.0 Å². The summed E-state index contributed by atoms with van der Waals surface area (Å²) in [6.45, 7) is 6.71. The molecule has 1 aliphatic heterocycles. The van der Waals surface area contributed by atoms with Crippen LogP contribution in [-0.2, 0) is 17.5 Å². The molecule has 16 heteroatoms. The van der Waals surface area contributed by atoms with Gasteiger partial charge in [-0.15, -0.1) is 10.2 Å². The summed E-state index contributed by atoms with van der Waals surface area (Å²) in [6, 6.07) is 10.7.